The Labute approximate surface area is 157 Å². The summed E-state index contributed by atoms with van der Waals surface area (Å²) in [7, 11) is 1.50. The van der Waals surface area contributed by atoms with E-state index in [1.165, 1.54) is 7.11 Å². The van der Waals surface area contributed by atoms with Gasteiger partial charge in [-0.15, -0.1) is 0 Å². The van der Waals surface area contributed by atoms with Gasteiger partial charge >= 0.3 is 0 Å². The molecule has 7 nitrogen and oxygen atoms in total. The van der Waals surface area contributed by atoms with Crippen molar-refractivity contribution in [1.82, 2.24) is 5.32 Å². The molecule has 2 rings (SSSR count). The van der Waals surface area contributed by atoms with Gasteiger partial charge in [-0.05, 0) is 36.8 Å². The summed E-state index contributed by atoms with van der Waals surface area (Å²) in [4.78, 5) is 23.3. The summed E-state index contributed by atoms with van der Waals surface area (Å²) >= 11 is 0. The number of amides is 1. The molecule has 2 aromatic carbocycles. The minimum Gasteiger partial charge on any atom is -0.550 e. The van der Waals surface area contributed by atoms with Gasteiger partial charge in [0.05, 0.1) is 19.8 Å². The molecule has 1 N–H and O–H groups in total. The van der Waals surface area contributed by atoms with Crippen molar-refractivity contribution < 1.29 is 28.9 Å². The van der Waals surface area contributed by atoms with Gasteiger partial charge in [0.25, 0.3) is 5.91 Å². The number of para-hydroxylation sites is 2. The first kappa shape index (κ1) is 20.1. The molecule has 0 saturated carbocycles. The van der Waals surface area contributed by atoms with Crippen LogP contribution < -0.4 is 24.6 Å². The molecule has 0 fully saturated rings. The topological polar surface area (TPSA) is 96.9 Å². The highest BCUT2D eigenvalue weighted by Gasteiger charge is 2.16. The molecule has 0 radical (unpaired) electrons. The van der Waals surface area contributed by atoms with Gasteiger partial charge in [0.2, 0.25) is 0 Å². The molecule has 0 saturated heterocycles. The maximum atomic E-state index is 12.2. The Balaban J connectivity index is 2.02. The molecule has 0 spiro atoms. The predicted octanol–water partition coefficient (Wildman–Crippen LogP) is 1.47. The normalized spacial score (nSPS) is 11.3. The highest BCUT2D eigenvalue weighted by molar-refractivity contribution is 5.79. The lowest BCUT2D eigenvalue weighted by molar-refractivity contribution is -0.306. The number of benzene rings is 2. The molecule has 1 atom stereocenters. The van der Waals surface area contributed by atoms with E-state index in [2.05, 4.69) is 5.32 Å². The first-order valence-electron chi connectivity index (χ1n) is 8.51. The van der Waals surface area contributed by atoms with Crippen molar-refractivity contribution in [3.8, 4) is 17.2 Å². The van der Waals surface area contributed by atoms with Crippen LogP contribution in [0.1, 0.15) is 24.9 Å². The fourth-order valence-electron chi connectivity index (χ4n) is 2.50. The largest absolute Gasteiger partial charge is 0.550 e. The van der Waals surface area contributed by atoms with Gasteiger partial charge in [-0.3, -0.25) is 4.79 Å². The molecule has 27 heavy (non-hydrogen) atoms. The molecule has 0 aliphatic heterocycles. The average Bonchev–Trinajstić information content (AvgIpc) is 2.66. The lowest BCUT2D eigenvalue weighted by atomic mass is 10.0. The predicted molar refractivity (Wildman–Crippen MR) is 96.6 cm³/mol. The molecule has 1 amide bonds. The summed E-state index contributed by atoms with van der Waals surface area (Å²) in [6, 6.07) is 13.1. The quantitative estimate of drug-likeness (QED) is 0.678. The second-order valence-electron chi connectivity index (χ2n) is 5.64. The van der Waals surface area contributed by atoms with Crippen molar-refractivity contribution >= 4 is 11.9 Å². The number of carboxylic acids is 1. The summed E-state index contributed by atoms with van der Waals surface area (Å²) in [5.41, 5.74) is 0.633. The molecule has 0 heterocycles. The van der Waals surface area contributed by atoms with Crippen LogP contribution >= 0.6 is 0 Å². The summed E-state index contributed by atoms with van der Waals surface area (Å²) < 4.78 is 16.0. The van der Waals surface area contributed by atoms with Crippen molar-refractivity contribution in [3.05, 3.63) is 54.1 Å². The van der Waals surface area contributed by atoms with Crippen molar-refractivity contribution in [2.75, 3.05) is 20.3 Å². The molecule has 0 aliphatic carbocycles. The van der Waals surface area contributed by atoms with Crippen LogP contribution in [0.3, 0.4) is 0 Å². The zero-order valence-corrected chi connectivity index (χ0v) is 15.3. The van der Waals surface area contributed by atoms with E-state index >= 15 is 0 Å². The highest BCUT2D eigenvalue weighted by Crippen LogP contribution is 2.26. The van der Waals surface area contributed by atoms with E-state index in [0.29, 0.717) is 29.4 Å². The molecular weight excluding hydrogens is 350 g/mol. The molecule has 0 aromatic heterocycles. The van der Waals surface area contributed by atoms with E-state index < -0.39 is 17.9 Å². The SMILES string of the molecule is CCOc1ccc(C(CC(=O)[O-])NC(=O)COc2ccccc2OC)cc1. The molecule has 7 heteroatoms. The number of nitrogens with one attached hydrogen (secondary N) is 1. The number of aliphatic carboxylic acids is 1. The minimum atomic E-state index is -1.26. The number of carbonyl (C=O) groups is 2. The number of carboxylic acid groups (broad SMARTS) is 1. The van der Waals surface area contributed by atoms with Crippen molar-refractivity contribution in [1.29, 1.82) is 0 Å². The molecule has 2 aromatic rings. The summed E-state index contributed by atoms with van der Waals surface area (Å²) in [5, 5.41) is 13.7. The van der Waals surface area contributed by atoms with Crippen molar-refractivity contribution in [3.63, 3.8) is 0 Å². The van der Waals surface area contributed by atoms with Crippen LogP contribution in [-0.4, -0.2) is 32.2 Å². The number of hydrogen-bond acceptors (Lipinski definition) is 6. The first-order valence-corrected chi connectivity index (χ1v) is 8.51. The number of carbonyl (C=O) groups excluding carboxylic acids is 2. The van der Waals surface area contributed by atoms with Crippen LogP contribution in [0.4, 0.5) is 0 Å². The van der Waals surface area contributed by atoms with Gasteiger partial charge in [0, 0.05) is 12.4 Å². The fraction of sp³-hybridized carbons (Fsp3) is 0.300. The van der Waals surface area contributed by atoms with E-state index in [1.807, 2.05) is 6.92 Å². The fourth-order valence-corrected chi connectivity index (χ4v) is 2.50. The second-order valence-corrected chi connectivity index (χ2v) is 5.64. The third-order valence-corrected chi connectivity index (χ3v) is 3.73. The Morgan fingerprint density at radius 1 is 1.04 bits per heavy atom. The minimum absolute atomic E-state index is 0.277. The van der Waals surface area contributed by atoms with Crippen molar-refractivity contribution in [2.24, 2.45) is 0 Å². The van der Waals surface area contributed by atoms with Crippen LogP contribution in [0.25, 0.3) is 0 Å². The summed E-state index contributed by atoms with van der Waals surface area (Å²) in [6.45, 7) is 2.12. The van der Waals surface area contributed by atoms with Gasteiger partial charge in [-0.25, -0.2) is 0 Å². The number of hydrogen-bond donors (Lipinski definition) is 1. The van der Waals surface area contributed by atoms with Gasteiger partial charge in [0.15, 0.2) is 18.1 Å². The van der Waals surface area contributed by atoms with E-state index in [-0.39, 0.29) is 13.0 Å². The van der Waals surface area contributed by atoms with Gasteiger partial charge in [0.1, 0.15) is 5.75 Å². The van der Waals surface area contributed by atoms with Crippen LogP contribution in [0.5, 0.6) is 17.2 Å². The number of rotatable bonds is 10. The lowest BCUT2D eigenvalue weighted by Crippen LogP contribution is -2.36. The Morgan fingerprint density at radius 3 is 2.30 bits per heavy atom. The highest BCUT2D eigenvalue weighted by atomic mass is 16.5. The molecular formula is C20H22NO6-. The van der Waals surface area contributed by atoms with E-state index in [0.717, 1.165) is 0 Å². The third kappa shape index (κ3) is 6.22. The standard InChI is InChI=1S/C20H23NO6/c1-3-26-15-10-8-14(9-11-15)16(12-20(23)24)21-19(22)13-27-18-7-5-4-6-17(18)25-2/h4-11,16H,3,12-13H2,1-2H3,(H,21,22)(H,23,24)/p-1. The maximum Gasteiger partial charge on any atom is 0.258 e. The Hall–Kier alpha value is -3.22. The van der Waals surface area contributed by atoms with Crippen LogP contribution in [0.2, 0.25) is 0 Å². The Bertz CT molecular complexity index is 759. The zero-order valence-electron chi connectivity index (χ0n) is 15.3. The van der Waals surface area contributed by atoms with Gasteiger partial charge in [-0.1, -0.05) is 24.3 Å². The second kappa shape index (κ2) is 10.1. The van der Waals surface area contributed by atoms with Gasteiger partial charge in [-0.2, -0.15) is 0 Å². The molecule has 0 bridgehead atoms. The summed E-state index contributed by atoms with van der Waals surface area (Å²) in [6.07, 6.45) is -0.353. The number of ether oxygens (including phenoxy) is 3. The number of methoxy groups -OCH3 is 1. The monoisotopic (exact) mass is 372 g/mol. The van der Waals surface area contributed by atoms with Crippen LogP contribution in [0.15, 0.2) is 48.5 Å². The van der Waals surface area contributed by atoms with E-state index in [1.54, 1.807) is 48.5 Å². The van der Waals surface area contributed by atoms with Crippen LogP contribution in [-0.2, 0) is 9.59 Å². The van der Waals surface area contributed by atoms with Crippen LogP contribution in [0, 0.1) is 0 Å². The lowest BCUT2D eigenvalue weighted by Gasteiger charge is -2.20. The third-order valence-electron chi connectivity index (χ3n) is 3.73. The first-order chi connectivity index (χ1) is 13.0. The average molecular weight is 372 g/mol. The molecule has 144 valence electrons. The maximum absolute atomic E-state index is 12.2. The zero-order chi connectivity index (χ0) is 19.6. The van der Waals surface area contributed by atoms with Gasteiger partial charge < -0.3 is 29.4 Å². The molecule has 0 aliphatic rings. The smallest absolute Gasteiger partial charge is 0.258 e. The van der Waals surface area contributed by atoms with E-state index in [9.17, 15) is 14.7 Å². The Kier molecular flexibility index (Phi) is 7.49. The van der Waals surface area contributed by atoms with E-state index in [4.69, 9.17) is 14.2 Å². The Morgan fingerprint density at radius 2 is 1.70 bits per heavy atom. The van der Waals surface area contributed by atoms with Crippen molar-refractivity contribution in [2.45, 2.75) is 19.4 Å². The molecule has 1 unspecified atom stereocenters. The summed E-state index contributed by atoms with van der Waals surface area (Å²) in [5.74, 6) is -0.129.